The van der Waals surface area contributed by atoms with Gasteiger partial charge in [0.1, 0.15) is 19.0 Å². The highest BCUT2D eigenvalue weighted by atomic mass is 16.6. The van der Waals surface area contributed by atoms with Crippen molar-refractivity contribution >= 4 is 5.69 Å². The van der Waals surface area contributed by atoms with Crippen LogP contribution in [0, 0.1) is 0 Å². The van der Waals surface area contributed by atoms with Crippen molar-refractivity contribution in [2.45, 2.75) is 19.3 Å². The van der Waals surface area contributed by atoms with Gasteiger partial charge in [-0.1, -0.05) is 6.07 Å². The molecule has 0 radical (unpaired) electrons. The van der Waals surface area contributed by atoms with Crippen molar-refractivity contribution in [1.29, 1.82) is 0 Å². The molecule has 0 saturated carbocycles. The maximum atomic E-state index is 6.04. The molecule has 0 amide bonds. The first kappa shape index (κ1) is 12.4. The first-order chi connectivity index (χ1) is 10.3. The average molecular weight is 283 g/mol. The molecular weight excluding hydrogens is 266 g/mol. The number of benzene rings is 2. The first-order valence-electron chi connectivity index (χ1n) is 7.28. The summed E-state index contributed by atoms with van der Waals surface area (Å²) in [6.07, 6.45) is 3.52. The smallest absolute Gasteiger partial charge is 0.165 e. The van der Waals surface area contributed by atoms with Crippen molar-refractivity contribution in [3.05, 3.63) is 41.5 Å². The fourth-order valence-corrected chi connectivity index (χ4v) is 2.91. The van der Waals surface area contributed by atoms with Crippen LogP contribution in [-0.4, -0.2) is 13.2 Å². The van der Waals surface area contributed by atoms with E-state index in [2.05, 4.69) is 12.1 Å². The van der Waals surface area contributed by atoms with E-state index in [0.717, 1.165) is 12.2 Å². The molecule has 4 heteroatoms. The van der Waals surface area contributed by atoms with Crippen LogP contribution in [-0.2, 0) is 12.8 Å². The van der Waals surface area contributed by atoms with E-state index in [1.165, 1.54) is 24.0 Å². The predicted octanol–water partition coefficient (Wildman–Crippen LogP) is 3.32. The molecule has 0 aromatic heterocycles. The van der Waals surface area contributed by atoms with Crippen LogP contribution in [0.1, 0.15) is 17.5 Å². The van der Waals surface area contributed by atoms with Crippen molar-refractivity contribution in [2.75, 3.05) is 18.9 Å². The van der Waals surface area contributed by atoms with Gasteiger partial charge in [-0.3, -0.25) is 0 Å². The van der Waals surface area contributed by atoms with Gasteiger partial charge in [0.2, 0.25) is 0 Å². The molecule has 1 aliphatic carbocycles. The SMILES string of the molecule is Nc1cc2c(cc1Oc1ccc3c(c1)CCC3)OCCO2. The number of nitrogen functional groups attached to an aromatic ring is 1. The fraction of sp³-hybridized carbons (Fsp3) is 0.294. The maximum Gasteiger partial charge on any atom is 0.165 e. The Bertz CT molecular complexity index is 697. The molecule has 2 aromatic carbocycles. The van der Waals surface area contributed by atoms with Crippen molar-refractivity contribution < 1.29 is 14.2 Å². The van der Waals surface area contributed by atoms with Crippen LogP contribution in [0.15, 0.2) is 30.3 Å². The van der Waals surface area contributed by atoms with E-state index in [1.54, 1.807) is 12.1 Å². The highest BCUT2D eigenvalue weighted by Crippen LogP contribution is 2.40. The molecule has 0 spiro atoms. The van der Waals surface area contributed by atoms with E-state index in [-0.39, 0.29) is 0 Å². The minimum absolute atomic E-state index is 0.551. The molecule has 4 rings (SSSR count). The third-order valence-corrected chi connectivity index (χ3v) is 3.97. The molecule has 4 nitrogen and oxygen atoms in total. The lowest BCUT2D eigenvalue weighted by Crippen LogP contribution is -2.15. The predicted molar refractivity (Wildman–Crippen MR) is 80.4 cm³/mol. The van der Waals surface area contributed by atoms with Gasteiger partial charge in [-0.15, -0.1) is 0 Å². The second-order valence-corrected chi connectivity index (χ2v) is 5.42. The first-order valence-corrected chi connectivity index (χ1v) is 7.28. The molecule has 2 aliphatic rings. The van der Waals surface area contributed by atoms with Crippen LogP contribution >= 0.6 is 0 Å². The number of aryl methyl sites for hydroxylation is 2. The van der Waals surface area contributed by atoms with Gasteiger partial charge in [0.25, 0.3) is 0 Å². The number of nitrogens with two attached hydrogens (primary N) is 1. The Morgan fingerprint density at radius 1 is 0.905 bits per heavy atom. The number of ether oxygens (including phenoxy) is 3. The van der Waals surface area contributed by atoms with Crippen LogP contribution in [0.2, 0.25) is 0 Å². The molecule has 2 N–H and O–H groups in total. The lowest BCUT2D eigenvalue weighted by Gasteiger charge is -2.20. The van der Waals surface area contributed by atoms with Gasteiger partial charge in [-0.05, 0) is 42.5 Å². The zero-order chi connectivity index (χ0) is 14.2. The molecule has 2 aromatic rings. The summed E-state index contributed by atoms with van der Waals surface area (Å²) in [6, 6.07) is 9.82. The van der Waals surface area contributed by atoms with Crippen LogP contribution in [0.3, 0.4) is 0 Å². The van der Waals surface area contributed by atoms with Crippen LogP contribution in [0.25, 0.3) is 0 Å². The summed E-state index contributed by atoms with van der Waals surface area (Å²) in [5.41, 5.74) is 9.41. The van der Waals surface area contributed by atoms with Gasteiger partial charge in [0, 0.05) is 12.1 Å². The lowest BCUT2D eigenvalue weighted by atomic mass is 10.1. The third kappa shape index (κ3) is 2.27. The van der Waals surface area contributed by atoms with Crippen LogP contribution in [0.5, 0.6) is 23.0 Å². The topological polar surface area (TPSA) is 53.7 Å². The van der Waals surface area contributed by atoms with E-state index < -0.39 is 0 Å². The van der Waals surface area contributed by atoms with E-state index in [0.29, 0.717) is 36.1 Å². The Balaban J connectivity index is 1.65. The highest BCUT2D eigenvalue weighted by molar-refractivity contribution is 5.63. The minimum atomic E-state index is 0.551. The summed E-state index contributed by atoms with van der Waals surface area (Å²) in [5.74, 6) is 2.79. The molecule has 0 bridgehead atoms. The minimum Gasteiger partial charge on any atom is -0.486 e. The molecule has 0 saturated heterocycles. The van der Waals surface area contributed by atoms with E-state index in [4.69, 9.17) is 19.9 Å². The summed E-state index contributed by atoms with van der Waals surface area (Å²) < 4.78 is 17.0. The van der Waals surface area contributed by atoms with Crippen molar-refractivity contribution in [3.63, 3.8) is 0 Å². The molecule has 1 aliphatic heterocycles. The lowest BCUT2D eigenvalue weighted by molar-refractivity contribution is 0.171. The molecule has 0 atom stereocenters. The number of anilines is 1. The second kappa shape index (κ2) is 4.88. The van der Waals surface area contributed by atoms with Crippen molar-refractivity contribution in [3.8, 4) is 23.0 Å². The Hall–Kier alpha value is -2.36. The zero-order valence-electron chi connectivity index (χ0n) is 11.7. The Morgan fingerprint density at radius 2 is 1.67 bits per heavy atom. The summed E-state index contributed by atoms with van der Waals surface area (Å²) >= 11 is 0. The average Bonchev–Trinajstić information content (AvgIpc) is 2.95. The number of hydrogen-bond acceptors (Lipinski definition) is 4. The fourth-order valence-electron chi connectivity index (χ4n) is 2.91. The van der Waals surface area contributed by atoms with Crippen molar-refractivity contribution in [1.82, 2.24) is 0 Å². The van der Waals surface area contributed by atoms with E-state index >= 15 is 0 Å². The van der Waals surface area contributed by atoms with Crippen LogP contribution in [0.4, 0.5) is 5.69 Å². The summed E-state index contributed by atoms with van der Waals surface area (Å²) in [5, 5.41) is 0. The highest BCUT2D eigenvalue weighted by Gasteiger charge is 2.17. The van der Waals surface area contributed by atoms with Gasteiger partial charge in [-0.2, -0.15) is 0 Å². The number of rotatable bonds is 2. The molecule has 0 unspecified atom stereocenters. The Kier molecular flexibility index (Phi) is 2.88. The molecule has 21 heavy (non-hydrogen) atoms. The van der Waals surface area contributed by atoms with Gasteiger partial charge < -0.3 is 19.9 Å². The number of fused-ring (bicyclic) bond motifs is 2. The molecule has 0 fully saturated rings. The molecule has 1 heterocycles. The third-order valence-electron chi connectivity index (χ3n) is 3.97. The summed E-state index contributed by atoms with van der Waals surface area (Å²) in [6.45, 7) is 1.10. The maximum absolute atomic E-state index is 6.04. The zero-order valence-corrected chi connectivity index (χ0v) is 11.7. The van der Waals surface area contributed by atoms with E-state index in [9.17, 15) is 0 Å². The van der Waals surface area contributed by atoms with E-state index in [1.807, 2.05) is 6.07 Å². The van der Waals surface area contributed by atoms with Gasteiger partial charge in [0.15, 0.2) is 17.2 Å². The second-order valence-electron chi connectivity index (χ2n) is 5.42. The quantitative estimate of drug-likeness (QED) is 0.859. The standard InChI is InChI=1S/C17H17NO3/c18-14-9-16-17(20-7-6-19-16)10-15(14)21-13-5-4-11-2-1-3-12(11)8-13/h4-5,8-10H,1-3,6-7,18H2. The Labute approximate surface area is 123 Å². The van der Waals surface area contributed by atoms with Gasteiger partial charge in [-0.25, -0.2) is 0 Å². The largest absolute Gasteiger partial charge is 0.486 e. The Morgan fingerprint density at radius 3 is 2.52 bits per heavy atom. The molecule has 108 valence electrons. The summed E-state index contributed by atoms with van der Waals surface area (Å²) in [4.78, 5) is 0. The van der Waals surface area contributed by atoms with Gasteiger partial charge >= 0.3 is 0 Å². The molecular formula is C17H17NO3. The number of hydrogen-bond donors (Lipinski definition) is 1. The van der Waals surface area contributed by atoms with Gasteiger partial charge in [0.05, 0.1) is 5.69 Å². The normalized spacial score (nSPS) is 15.6. The van der Waals surface area contributed by atoms with Crippen LogP contribution < -0.4 is 19.9 Å². The monoisotopic (exact) mass is 283 g/mol. The van der Waals surface area contributed by atoms with Crippen molar-refractivity contribution in [2.24, 2.45) is 0 Å². The summed E-state index contributed by atoms with van der Waals surface area (Å²) in [7, 11) is 0.